The Morgan fingerprint density at radius 2 is 1.85 bits per heavy atom. The Balaban J connectivity index is 1.16. The molecule has 0 radical (unpaired) electrons. The minimum Gasteiger partial charge on any atom is -0.496 e. The van der Waals surface area contributed by atoms with Crippen molar-refractivity contribution < 1.29 is 23.9 Å². The lowest BCUT2D eigenvalue weighted by molar-refractivity contribution is -0.123. The van der Waals surface area contributed by atoms with Crippen molar-refractivity contribution in [1.29, 1.82) is 0 Å². The van der Waals surface area contributed by atoms with Gasteiger partial charge in [-0.05, 0) is 48.9 Å². The first kappa shape index (κ1) is 30.1. The van der Waals surface area contributed by atoms with E-state index < -0.39 is 23.9 Å². The second kappa shape index (κ2) is 13.0. The van der Waals surface area contributed by atoms with E-state index >= 15 is 0 Å². The maximum absolute atomic E-state index is 14.1. The zero-order valence-corrected chi connectivity index (χ0v) is 26.1. The number of rotatable bonds is 11. The van der Waals surface area contributed by atoms with Crippen molar-refractivity contribution in [2.75, 3.05) is 20.3 Å². The number of aromatic nitrogens is 2. The van der Waals surface area contributed by atoms with Gasteiger partial charge in [0.1, 0.15) is 17.5 Å². The van der Waals surface area contributed by atoms with E-state index in [1.54, 1.807) is 13.2 Å². The number of carbonyl (C=O) groups excluding carboxylic acids is 3. The summed E-state index contributed by atoms with van der Waals surface area (Å²) in [4.78, 5) is 49.5. The van der Waals surface area contributed by atoms with Crippen molar-refractivity contribution in [3.05, 3.63) is 95.1 Å². The van der Waals surface area contributed by atoms with E-state index in [-0.39, 0.29) is 30.3 Å². The molecule has 0 saturated carbocycles. The Morgan fingerprint density at radius 1 is 1.02 bits per heavy atom. The molecule has 2 aromatic heterocycles. The fourth-order valence-electron chi connectivity index (χ4n) is 6.59. The molecule has 46 heavy (non-hydrogen) atoms. The summed E-state index contributed by atoms with van der Waals surface area (Å²) in [5.41, 5.74) is 2.65. The number of ketones is 1. The van der Waals surface area contributed by atoms with Crippen LogP contribution in [0.15, 0.2) is 78.9 Å². The minimum absolute atomic E-state index is 0.188. The van der Waals surface area contributed by atoms with Crippen molar-refractivity contribution in [1.82, 2.24) is 25.9 Å². The van der Waals surface area contributed by atoms with Crippen LogP contribution in [0.3, 0.4) is 0 Å². The molecule has 10 nitrogen and oxygen atoms in total. The first-order chi connectivity index (χ1) is 22.5. The van der Waals surface area contributed by atoms with Gasteiger partial charge in [-0.15, -0.1) is 11.3 Å². The second-order valence-electron chi connectivity index (χ2n) is 11.9. The zero-order valence-electron chi connectivity index (χ0n) is 25.3. The minimum atomic E-state index is -0.959. The van der Waals surface area contributed by atoms with Gasteiger partial charge in [-0.1, -0.05) is 48.5 Å². The van der Waals surface area contributed by atoms with Crippen LogP contribution in [0.2, 0.25) is 0 Å². The SMILES string of the molecule is COc1cccc2[nH]c(C(=O)N[C@@H](Cc3ccccc3)C(=O)N[C@@H](CC3OCC4NCCC43)C(=O)c3nc4ccccc4s3)cc12. The van der Waals surface area contributed by atoms with E-state index in [0.29, 0.717) is 29.5 Å². The fourth-order valence-corrected chi connectivity index (χ4v) is 7.55. The smallest absolute Gasteiger partial charge is 0.268 e. The topological polar surface area (TPSA) is 134 Å². The van der Waals surface area contributed by atoms with Crippen LogP contribution in [-0.2, 0) is 16.0 Å². The highest BCUT2D eigenvalue weighted by atomic mass is 32.1. The predicted molar refractivity (Wildman–Crippen MR) is 176 cm³/mol. The Kier molecular flexibility index (Phi) is 8.53. The number of fused-ring (bicyclic) bond motifs is 3. The summed E-state index contributed by atoms with van der Waals surface area (Å²) < 4.78 is 12.5. The highest BCUT2D eigenvalue weighted by molar-refractivity contribution is 7.20. The van der Waals surface area contributed by atoms with Crippen molar-refractivity contribution in [2.24, 2.45) is 5.92 Å². The number of methoxy groups -OCH3 is 1. The third-order valence-corrected chi connectivity index (χ3v) is 10.0. The molecule has 5 atom stereocenters. The Morgan fingerprint density at radius 3 is 2.67 bits per heavy atom. The number of nitrogens with one attached hydrogen (secondary N) is 4. The number of nitrogens with zero attached hydrogens (tertiary/aromatic N) is 1. The summed E-state index contributed by atoms with van der Waals surface area (Å²) in [6, 6.07) is 22.7. The highest BCUT2D eigenvalue weighted by Crippen LogP contribution is 2.32. The lowest BCUT2D eigenvalue weighted by Gasteiger charge is -2.25. The number of para-hydroxylation sites is 1. The average Bonchev–Trinajstić information content (AvgIpc) is 3.88. The molecule has 0 aliphatic carbocycles. The molecular formula is C35H35N5O5S. The normalized spacial score (nSPS) is 20.3. The summed E-state index contributed by atoms with van der Waals surface area (Å²) in [5, 5.41) is 10.5. The number of carbonyl (C=O) groups is 3. The molecule has 3 aromatic carbocycles. The van der Waals surface area contributed by atoms with E-state index in [1.807, 2.05) is 72.8 Å². The van der Waals surface area contributed by atoms with Crippen molar-refractivity contribution >= 4 is 50.1 Å². The summed E-state index contributed by atoms with van der Waals surface area (Å²) in [5.74, 6) is -0.260. The molecule has 11 heteroatoms. The third kappa shape index (κ3) is 6.13. The van der Waals surface area contributed by atoms with Gasteiger partial charge in [0.15, 0.2) is 5.01 Å². The molecule has 7 rings (SSSR count). The van der Waals surface area contributed by atoms with Gasteiger partial charge in [-0.25, -0.2) is 4.98 Å². The van der Waals surface area contributed by atoms with Crippen molar-refractivity contribution in [3.63, 3.8) is 0 Å². The Labute approximate surface area is 269 Å². The van der Waals surface area contributed by atoms with Crippen LogP contribution in [0.5, 0.6) is 5.75 Å². The van der Waals surface area contributed by atoms with E-state index in [9.17, 15) is 14.4 Å². The molecule has 2 aliphatic rings. The third-order valence-electron chi connectivity index (χ3n) is 8.97. The number of H-pyrrole nitrogens is 1. The van der Waals surface area contributed by atoms with Crippen LogP contribution < -0.4 is 20.7 Å². The van der Waals surface area contributed by atoms with E-state index in [0.717, 1.165) is 39.6 Å². The summed E-state index contributed by atoms with van der Waals surface area (Å²) in [7, 11) is 1.58. The monoisotopic (exact) mass is 637 g/mol. The molecule has 3 unspecified atom stereocenters. The number of hydrogen-bond donors (Lipinski definition) is 4. The van der Waals surface area contributed by atoms with Gasteiger partial charge in [0.05, 0.1) is 36.1 Å². The summed E-state index contributed by atoms with van der Waals surface area (Å²) >= 11 is 1.31. The van der Waals surface area contributed by atoms with Crippen LogP contribution in [0.1, 0.15) is 38.7 Å². The molecule has 2 aliphatic heterocycles. The van der Waals surface area contributed by atoms with Crippen LogP contribution >= 0.6 is 11.3 Å². The number of hydrogen-bond acceptors (Lipinski definition) is 8. The summed E-state index contributed by atoms with van der Waals surface area (Å²) in [6.07, 6.45) is 1.32. The number of benzene rings is 3. The molecule has 4 N–H and O–H groups in total. The van der Waals surface area contributed by atoms with E-state index in [1.165, 1.54) is 11.3 Å². The van der Waals surface area contributed by atoms with Crippen molar-refractivity contribution in [2.45, 2.75) is 43.5 Å². The van der Waals surface area contributed by atoms with Gasteiger partial charge >= 0.3 is 0 Å². The molecule has 2 fully saturated rings. The summed E-state index contributed by atoms with van der Waals surface area (Å²) in [6.45, 7) is 1.48. The van der Waals surface area contributed by atoms with Gasteiger partial charge < -0.3 is 30.4 Å². The molecule has 4 heterocycles. The van der Waals surface area contributed by atoms with Gasteiger partial charge in [0.25, 0.3) is 5.91 Å². The van der Waals surface area contributed by atoms with E-state index in [2.05, 4.69) is 25.9 Å². The number of aromatic amines is 1. The number of amides is 2. The zero-order chi connectivity index (χ0) is 31.6. The van der Waals surface area contributed by atoms with Crippen LogP contribution in [0.25, 0.3) is 21.1 Å². The average molecular weight is 638 g/mol. The lowest BCUT2D eigenvalue weighted by atomic mass is 9.91. The van der Waals surface area contributed by atoms with Gasteiger partial charge in [0, 0.05) is 35.7 Å². The molecule has 0 bridgehead atoms. The maximum atomic E-state index is 14.1. The molecular weight excluding hydrogens is 602 g/mol. The number of Topliss-reactive ketones (excluding diaryl/α,β-unsaturated/α-hetero) is 1. The van der Waals surface area contributed by atoms with Crippen LogP contribution in [0.4, 0.5) is 0 Å². The molecule has 5 aromatic rings. The van der Waals surface area contributed by atoms with Crippen LogP contribution in [0, 0.1) is 5.92 Å². The number of thiazole rings is 1. The lowest BCUT2D eigenvalue weighted by Crippen LogP contribution is -2.53. The quantitative estimate of drug-likeness (QED) is 0.159. The largest absolute Gasteiger partial charge is 0.496 e. The van der Waals surface area contributed by atoms with E-state index in [4.69, 9.17) is 9.47 Å². The molecule has 2 amide bonds. The van der Waals surface area contributed by atoms with Crippen molar-refractivity contribution in [3.8, 4) is 5.75 Å². The molecule has 0 spiro atoms. The first-order valence-corrected chi connectivity index (χ1v) is 16.3. The number of ether oxygens (including phenoxy) is 2. The Bertz CT molecular complexity index is 1860. The molecule has 236 valence electrons. The standard InChI is InChI=1S/C35H35N5O5S/c1-44-29-12-7-11-23-22(29)17-27(37-23)34(43)39-26(16-20-8-3-2-4-9-20)33(42)38-25(18-30-21-14-15-36-28(21)19-45-30)32(41)35-40-24-10-5-6-13-31(24)46-35/h2-13,17,21,25-26,28,30,36-37H,14-16,18-19H2,1H3,(H,38,42)(H,39,43)/t21?,25-,26-,28?,30?/m0/s1. The Hall–Kier alpha value is -4.58. The van der Waals surface area contributed by atoms with Gasteiger partial charge in [-0.3, -0.25) is 14.4 Å². The van der Waals surface area contributed by atoms with Crippen LogP contribution in [-0.4, -0.2) is 72.1 Å². The van der Waals surface area contributed by atoms with Gasteiger partial charge in [0.2, 0.25) is 11.7 Å². The fraction of sp³-hybridized carbons (Fsp3) is 0.314. The first-order valence-electron chi connectivity index (χ1n) is 15.5. The predicted octanol–water partition coefficient (Wildman–Crippen LogP) is 4.26. The molecule has 2 saturated heterocycles. The second-order valence-corrected chi connectivity index (χ2v) is 12.9. The van der Waals surface area contributed by atoms with Gasteiger partial charge in [-0.2, -0.15) is 0 Å². The maximum Gasteiger partial charge on any atom is 0.268 e. The highest BCUT2D eigenvalue weighted by Gasteiger charge is 2.43.